The molecular weight excluding hydrogens is 514 g/mol. The quantitative estimate of drug-likeness (QED) is 0.207. The first-order valence-electron chi connectivity index (χ1n) is 13.6. The van der Waals surface area contributed by atoms with Gasteiger partial charge in [-0.2, -0.15) is 0 Å². The Morgan fingerprint density at radius 1 is 0.854 bits per heavy atom. The number of benzene rings is 4. The number of fused-ring (bicyclic) bond motifs is 3. The van der Waals surface area contributed by atoms with Gasteiger partial charge in [-0.25, -0.2) is 9.59 Å². The van der Waals surface area contributed by atoms with Crippen molar-refractivity contribution in [2.24, 2.45) is 0 Å². The van der Waals surface area contributed by atoms with Crippen molar-refractivity contribution in [2.45, 2.75) is 38.8 Å². The maximum atomic E-state index is 12.2. The molecule has 0 spiro atoms. The summed E-state index contributed by atoms with van der Waals surface area (Å²) in [7, 11) is 1.29. The fourth-order valence-corrected chi connectivity index (χ4v) is 4.81. The normalized spacial score (nSPS) is 12.5. The molecule has 6 nitrogen and oxygen atoms in total. The second kappa shape index (κ2) is 11.7. The van der Waals surface area contributed by atoms with E-state index in [-0.39, 0.29) is 6.42 Å². The molecule has 1 amide bonds. The lowest BCUT2D eigenvalue weighted by Gasteiger charge is -2.22. The summed E-state index contributed by atoms with van der Waals surface area (Å²) in [5.41, 5.74) is 6.30. The van der Waals surface area contributed by atoms with Crippen molar-refractivity contribution in [1.29, 1.82) is 0 Å². The number of hydrogen-bond donors (Lipinski definition) is 1. The van der Waals surface area contributed by atoms with E-state index < -0.39 is 23.7 Å². The smallest absolute Gasteiger partial charge is 0.408 e. The molecule has 1 aromatic heterocycles. The first kappa shape index (κ1) is 27.7. The van der Waals surface area contributed by atoms with Crippen LogP contribution in [0.3, 0.4) is 0 Å². The number of ether oxygens (including phenoxy) is 2. The largest absolute Gasteiger partial charge is 0.467 e. The minimum Gasteiger partial charge on any atom is -0.467 e. The number of hydrogen-bond acceptors (Lipinski definition) is 5. The highest BCUT2D eigenvalue weighted by molar-refractivity contribution is 6.09. The molecule has 0 bridgehead atoms. The standard InChI is InChI=1S/C35H33NO5/c1-35(2,3)41-34(38)36-30(33(37)39-4)19-8-12-23-11-7-13-24(21-23)25-14-9-15-26(22-25)27-17-10-18-29-28-16-5-6-20-31(28)40-32(27)29/h5-18,20-22,30H,19H2,1-4H3,(H,36,38). The van der Waals surface area contributed by atoms with Crippen LogP contribution in [0.25, 0.3) is 50.3 Å². The first-order valence-corrected chi connectivity index (χ1v) is 13.6. The van der Waals surface area contributed by atoms with Gasteiger partial charge in [0.1, 0.15) is 22.8 Å². The molecule has 4 aromatic carbocycles. The molecule has 0 radical (unpaired) electrons. The molecule has 5 rings (SSSR count). The minimum atomic E-state index is -0.855. The summed E-state index contributed by atoms with van der Waals surface area (Å²) < 4.78 is 16.4. The number of amides is 1. The number of furan rings is 1. The van der Waals surface area contributed by atoms with Crippen LogP contribution in [0.5, 0.6) is 0 Å². The number of esters is 1. The minimum absolute atomic E-state index is 0.257. The van der Waals surface area contributed by atoms with E-state index in [1.807, 2.05) is 42.5 Å². The van der Waals surface area contributed by atoms with Crippen LogP contribution in [0, 0.1) is 0 Å². The van der Waals surface area contributed by atoms with E-state index in [0.29, 0.717) is 0 Å². The highest BCUT2D eigenvalue weighted by atomic mass is 16.6. The zero-order valence-electron chi connectivity index (χ0n) is 23.6. The number of alkyl carbamates (subject to hydrolysis) is 1. The fourth-order valence-electron chi connectivity index (χ4n) is 4.81. The number of nitrogens with one attached hydrogen (secondary N) is 1. The maximum absolute atomic E-state index is 12.2. The third-order valence-corrected chi connectivity index (χ3v) is 6.66. The second-order valence-electron chi connectivity index (χ2n) is 10.8. The van der Waals surface area contributed by atoms with Crippen LogP contribution in [0.1, 0.15) is 32.8 Å². The van der Waals surface area contributed by atoms with Gasteiger partial charge in [-0.1, -0.05) is 84.9 Å². The predicted octanol–water partition coefficient (Wildman–Crippen LogP) is 8.39. The molecule has 0 fully saturated rings. The van der Waals surface area contributed by atoms with Gasteiger partial charge in [0.05, 0.1) is 7.11 Å². The van der Waals surface area contributed by atoms with Crippen molar-refractivity contribution in [3.63, 3.8) is 0 Å². The van der Waals surface area contributed by atoms with E-state index in [2.05, 4.69) is 66.0 Å². The van der Waals surface area contributed by atoms with Gasteiger partial charge in [-0.3, -0.25) is 0 Å². The Morgan fingerprint density at radius 3 is 2.32 bits per heavy atom. The third kappa shape index (κ3) is 6.49. The Kier molecular flexibility index (Phi) is 7.92. The Labute approximate surface area is 239 Å². The van der Waals surface area contributed by atoms with E-state index in [1.165, 1.54) is 7.11 Å². The zero-order valence-corrected chi connectivity index (χ0v) is 23.6. The molecule has 0 saturated carbocycles. The predicted molar refractivity (Wildman–Crippen MR) is 163 cm³/mol. The van der Waals surface area contributed by atoms with Gasteiger partial charge in [-0.05, 0) is 67.6 Å². The molecule has 5 aromatic rings. The molecule has 208 valence electrons. The van der Waals surface area contributed by atoms with Crippen LogP contribution in [-0.2, 0) is 14.3 Å². The average Bonchev–Trinajstić information content (AvgIpc) is 3.34. The van der Waals surface area contributed by atoms with Crippen molar-refractivity contribution < 1.29 is 23.5 Å². The molecule has 0 aliphatic rings. The summed E-state index contributed by atoms with van der Waals surface area (Å²) in [4.78, 5) is 24.4. The van der Waals surface area contributed by atoms with E-state index in [1.54, 1.807) is 20.8 Å². The molecule has 41 heavy (non-hydrogen) atoms. The molecule has 0 aliphatic heterocycles. The average molecular weight is 548 g/mol. The lowest BCUT2D eigenvalue weighted by Crippen LogP contribution is -2.43. The number of para-hydroxylation sites is 2. The lowest BCUT2D eigenvalue weighted by molar-refractivity contribution is -0.143. The summed E-state index contributed by atoms with van der Waals surface area (Å²) in [6.07, 6.45) is 3.36. The van der Waals surface area contributed by atoms with E-state index in [9.17, 15) is 9.59 Å². The first-order chi connectivity index (χ1) is 19.7. The van der Waals surface area contributed by atoms with Crippen molar-refractivity contribution in [2.75, 3.05) is 7.11 Å². The van der Waals surface area contributed by atoms with E-state index in [0.717, 1.165) is 49.8 Å². The summed E-state index contributed by atoms with van der Waals surface area (Å²) in [5, 5.41) is 4.80. The molecule has 1 heterocycles. The Balaban J connectivity index is 1.36. The molecule has 1 atom stereocenters. The van der Waals surface area contributed by atoms with Crippen LogP contribution in [0.4, 0.5) is 4.79 Å². The Bertz CT molecular complexity index is 1740. The van der Waals surface area contributed by atoms with E-state index in [4.69, 9.17) is 13.9 Å². The van der Waals surface area contributed by atoms with Gasteiger partial charge in [0.25, 0.3) is 0 Å². The van der Waals surface area contributed by atoms with E-state index >= 15 is 0 Å². The number of carbonyl (C=O) groups is 2. The number of methoxy groups -OCH3 is 1. The Morgan fingerprint density at radius 2 is 1.54 bits per heavy atom. The summed E-state index contributed by atoms with van der Waals surface area (Å²) in [6.45, 7) is 5.30. The fraction of sp³-hybridized carbons (Fsp3) is 0.200. The van der Waals surface area contributed by atoms with Crippen molar-refractivity contribution in [3.8, 4) is 22.3 Å². The van der Waals surface area contributed by atoms with Crippen LogP contribution in [0.2, 0.25) is 0 Å². The number of carbonyl (C=O) groups excluding carboxylic acids is 2. The third-order valence-electron chi connectivity index (χ3n) is 6.66. The SMILES string of the molecule is COC(=O)C(CC=Cc1cccc(-c2cccc(-c3cccc4c3oc3ccccc34)c2)c1)NC(=O)OC(C)(C)C. The van der Waals surface area contributed by atoms with Crippen LogP contribution >= 0.6 is 0 Å². The monoisotopic (exact) mass is 547 g/mol. The molecule has 6 heteroatoms. The van der Waals surface area contributed by atoms with Crippen molar-refractivity contribution in [3.05, 3.63) is 103 Å². The molecule has 0 saturated heterocycles. The molecule has 1 unspecified atom stereocenters. The molecular formula is C35H33NO5. The molecule has 0 aliphatic carbocycles. The van der Waals surface area contributed by atoms with Gasteiger partial charge in [0.2, 0.25) is 0 Å². The number of rotatable bonds is 7. The highest BCUT2D eigenvalue weighted by Crippen LogP contribution is 2.36. The van der Waals surface area contributed by atoms with Gasteiger partial charge < -0.3 is 19.2 Å². The van der Waals surface area contributed by atoms with Gasteiger partial charge >= 0.3 is 12.1 Å². The van der Waals surface area contributed by atoms with Crippen LogP contribution in [0.15, 0.2) is 101 Å². The topological polar surface area (TPSA) is 77.8 Å². The lowest BCUT2D eigenvalue weighted by atomic mass is 9.97. The Hall–Kier alpha value is -4.84. The zero-order chi connectivity index (χ0) is 29.0. The second-order valence-corrected chi connectivity index (χ2v) is 10.8. The van der Waals surface area contributed by atoms with Gasteiger partial charge in [-0.15, -0.1) is 0 Å². The van der Waals surface area contributed by atoms with Crippen LogP contribution < -0.4 is 5.32 Å². The summed E-state index contributed by atoms with van der Waals surface area (Å²) >= 11 is 0. The summed E-state index contributed by atoms with van der Waals surface area (Å²) in [5.74, 6) is -0.537. The van der Waals surface area contributed by atoms with Crippen molar-refractivity contribution in [1.82, 2.24) is 5.32 Å². The highest BCUT2D eigenvalue weighted by Gasteiger charge is 2.24. The van der Waals surface area contributed by atoms with Crippen molar-refractivity contribution >= 4 is 40.1 Å². The van der Waals surface area contributed by atoms with Gasteiger partial charge in [0, 0.05) is 16.3 Å². The van der Waals surface area contributed by atoms with Crippen LogP contribution in [-0.4, -0.2) is 30.8 Å². The maximum Gasteiger partial charge on any atom is 0.408 e. The summed E-state index contributed by atoms with van der Waals surface area (Å²) in [6, 6.07) is 30.0. The van der Waals surface area contributed by atoms with Gasteiger partial charge in [0.15, 0.2) is 0 Å². The molecule has 1 N–H and O–H groups in total.